The Labute approximate surface area is 197 Å². The minimum absolute atomic E-state index is 0.203. The molecule has 1 atom stereocenters. The fraction of sp³-hybridized carbons (Fsp3) is 0.913. The van der Waals surface area contributed by atoms with Gasteiger partial charge in [-0.05, 0) is 62.2 Å². The van der Waals surface area contributed by atoms with E-state index in [1.54, 1.807) is 7.05 Å². The average molecular weight is 489 g/mol. The van der Waals surface area contributed by atoms with E-state index < -0.39 is 22.5 Å². The summed E-state index contributed by atoms with van der Waals surface area (Å²) in [4.78, 5) is 25.2. The first-order chi connectivity index (χ1) is 14.5. The molecule has 0 spiro atoms. The lowest BCUT2D eigenvalue weighted by atomic mass is 9.83. The maximum Gasteiger partial charge on any atom is 0.409 e. The molecule has 1 saturated carbocycles. The van der Waals surface area contributed by atoms with Crippen LogP contribution in [0.1, 0.15) is 52.9 Å². The summed E-state index contributed by atoms with van der Waals surface area (Å²) in [5.74, 6) is 0.433. The molecule has 0 aromatic heterocycles. The van der Waals surface area contributed by atoms with Gasteiger partial charge in [0.1, 0.15) is 0 Å². The minimum atomic E-state index is -1.77. The molecule has 1 aliphatic carbocycles. The maximum atomic E-state index is 12.3. The molecule has 0 aromatic rings. The number of carbonyl (C=O) groups excluding carboxylic acids is 1. The number of nitrogens with one attached hydrogen (secondary N) is 1. The number of carboxylic acid groups (broad SMARTS) is 1. The van der Waals surface area contributed by atoms with E-state index in [0.29, 0.717) is 25.2 Å². The minimum Gasteiger partial charge on any atom is -0.465 e. The predicted octanol–water partition coefficient (Wildman–Crippen LogP) is 6.00. The molecule has 0 radical (unpaired) electrons. The summed E-state index contributed by atoms with van der Waals surface area (Å²) < 4.78 is 12.0. The van der Waals surface area contributed by atoms with Crippen LogP contribution in [0.15, 0.2) is 0 Å². The smallest absolute Gasteiger partial charge is 0.409 e. The van der Waals surface area contributed by atoms with Crippen molar-refractivity contribution in [1.82, 2.24) is 10.2 Å². The van der Waals surface area contributed by atoms with E-state index in [1.165, 1.54) is 4.90 Å². The van der Waals surface area contributed by atoms with Gasteiger partial charge in [0.2, 0.25) is 0 Å². The zero-order valence-electron chi connectivity index (χ0n) is 21.9. The molecule has 32 heavy (non-hydrogen) atoms. The number of ether oxygens (including phenoxy) is 1. The number of nitrogens with zero attached hydrogens (tertiary/aromatic N) is 1. The van der Waals surface area contributed by atoms with Gasteiger partial charge in [-0.2, -0.15) is 0 Å². The molecule has 1 unspecified atom stereocenters. The van der Waals surface area contributed by atoms with E-state index in [1.807, 2.05) is 0 Å². The monoisotopic (exact) mass is 488 g/mol. The summed E-state index contributed by atoms with van der Waals surface area (Å²) in [7, 11) is -1.36. The third kappa shape index (κ3) is 10.7. The van der Waals surface area contributed by atoms with Crippen molar-refractivity contribution >= 4 is 28.6 Å². The van der Waals surface area contributed by atoms with E-state index in [4.69, 9.17) is 9.16 Å². The number of rotatable bonds is 10. The Morgan fingerprint density at radius 1 is 1.09 bits per heavy atom. The molecule has 0 heterocycles. The van der Waals surface area contributed by atoms with Crippen molar-refractivity contribution in [3.05, 3.63) is 0 Å². The first-order valence-corrected chi connectivity index (χ1v) is 18.7. The summed E-state index contributed by atoms with van der Waals surface area (Å²) in [6, 6.07) is 0.619. The molecule has 0 aliphatic heterocycles. The van der Waals surface area contributed by atoms with E-state index in [2.05, 4.69) is 58.8 Å². The van der Waals surface area contributed by atoms with Crippen LogP contribution in [-0.2, 0) is 9.16 Å². The van der Waals surface area contributed by atoms with E-state index in [0.717, 1.165) is 38.1 Å². The molecule has 2 N–H and O–H groups in total. The third-order valence-electron chi connectivity index (χ3n) is 6.89. The van der Waals surface area contributed by atoms with Gasteiger partial charge in [-0.15, -0.1) is 0 Å². The quantitative estimate of drug-likeness (QED) is 0.368. The normalized spacial score (nSPS) is 21.0. The SMILES string of the molecule is CN(CC(CC1CCC(O[Si](C)(C)C(C)(C)C)CC1)NC(=O)O)C(=O)OCC[Si](C)(C)C. The van der Waals surface area contributed by atoms with Crippen LogP contribution < -0.4 is 5.32 Å². The Balaban J connectivity index is 2.55. The predicted molar refractivity (Wildman–Crippen MR) is 136 cm³/mol. The molecule has 7 nitrogen and oxygen atoms in total. The van der Waals surface area contributed by atoms with Crippen LogP contribution in [0.3, 0.4) is 0 Å². The molecule has 1 rings (SSSR count). The van der Waals surface area contributed by atoms with Gasteiger partial charge in [-0.1, -0.05) is 40.4 Å². The first kappa shape index (κ1) is 29.0. The molecule has 1 aliphatic rings. The van der Waals surface area contributed by atoms with Gasteiger partial charge in [-0.3, -0.25) is 0 Å². The van der Waals surface area contributed by atoms with Crippen LogP contribution in [-0.4, -0.2) is 70.9 Å². The molecule has 188 valence electrons. The van der Waals surface area contributed by atoms with Gasteiger partial charge >= 0.3 is 12.2 Å². The van der Waals surface area contributed by atoms with Crippen molar-refractivity contribution in [2.75, 3.05) is 20.2 Å². The summed E-state index contributed by atoms with van der Waals surface area (Å²) >= 11 is 0. The number of likely N-dealkylation sites (N-methyl/N-ethyl adjacent to an activating group) is 1. The van der Waals surface area contributed by atoms with Crippen molar-refractivity contribution in [2.24, 2.45) is 5.92 Å². The molecule has 1 fully saturated rings. The molecule has 2 amide bonds. The molecular weight excluding hydrogens is 440 g/mol. The number of hydrogen-bond donors (Lipinski definition) is 2. The Kier molecular flexibility index (Phi) is 10.8. The molecule has 0 bridgehead atoms. The molecule has 0 saturated heterocycles. The van der Waals surface area contributed by atoms with Crippen molar-refractivity contribution in [2.45, 2.75) is 109 Å². The zero-order valence-corrected chi connectivity index (χ0v) is 23.9. The molecule has 9 heteroatoms. The van der Waals surface area contributed by atoms with Crippen molar-refractivity contribution in [3.8, 4) is 0 Å². The van der Waals surface area contributed by atoms with Gasteiger partial charge in [0.15, 0.2) is 8.32 Å². The third-order valence-corrected chi connectivity index (χ3v) is 13.1. The summed E-state index contributed by atoms with van der Waals surface area (Å²) in [6.07, 6.45) is 3.70. The van der Waals surface area contributed by atoms with Crippen LogP contribution in [0.2, 0.25) is 43.8 Å². The summed E-state index contributed by atoms with van der Waals surface area (Å²) in [5.41, 5.74) is 0. The van der Waals surface area contributed by atoms with Crippen LogP contribution in [0.5, 0.6) is 0 Å². The average Bonchev–Trinajstić information content (AvgIpc) is 2.60. The van der Waals surface area contributed by atoms with Crippen molar-refractivity contribution < 1.29 is 23.9 Å². The standard InChI is InChI=1S/C23H48N2O5Si2/c1-23(2,3)32(8,9)30-20-12-10-18(11-13-20)16-19(24-21(26)27)17-25(4)22(28)29-14-15-31(5,6)7/h18-20,24H,10-17H2,1-9H3,(H,26,27). The second-order valence-corrected chi connectivity index (χ2v) is 22.6. The van der Waals surface area contributed by atoms with Gasteiger partial charge in [0.25, 0.3) is 0 Å². The molecule has 0 aromatic carbocycles. The van der Waals surface area contributed by atoms with Crippen molar-refractivity contribution in [3.63, 3.8) is 0 Å². The second-order valence-electron chi connectivity index (χ2n) is 12.2. The van der Waals surface area contributed by atoms with Crippen LogP contribution >= 0.6 is 0 Å². The fourth-order valence-electron chi connectivity index (χ4n) is 3.79. The highest BCUT2D eigenvalue weighted by Gasteiger charge is 2.40. The van der Waals surface area contributed by atoms with Gasteiger partial charge < -0.3 is 24.5 Å². The Hall–Kier alpha value is -1.07. The lowest BCUT2D eigenvalue weighted by molar-refractivity contribution is 0.0996. The second kappa shape index (κ2) is 11.9. The van der Waals surface area contributed by atoms with Gasteiger partial charge in [0, 0.05) is 27.8 Å². The Morgan fingerprint density at radius 3 is 2.12 bits per heavy atom. The van der Waals surface area contributed by atoms with Crippen LogP contribution in [0.4, 0.5) is 9.59 Å². The zero-order chi connectivity index (χ0) is 24.7. The molecular formula is C23H48N2O5Si2. The Bertz CT molecular complexity index is 608. The lowest BCUT2D eigenvalue weighted by Gasteiger charge is -2.41. The lowest BCUT2D eigenvalue weighted by Crippen LogP contribution is -2.46. The number of amides is 2. The number of carbonyl (C=O) groups is 2. The largest absolute Gasteiger partial charge is 0.465 e. The summed E-state index contributed by atoms with van der Waals surface area (Å²) in [5, 5.41) is 12.1. The number of hydrogen-bond acceptors (Lipinski definition) is 4. The van der Waals surface area contributed by atoms with Gasteiger partial charge in [-0.25, -0.2) is 9.59 Å². The highest BCUT2D eigenvalue weighted by molar-refractivity contribution is 6.76. The topological polar surface area (TPSA) is 88.1 Å². The Morgan fingerprint density at radius 2 is 1.66 bits per heavy atom. The van der Waals surface area contributed by atoms with Crippen LogP contribution in [0, 0.1) is 5.92 Å². The maximum absolute atomic E-state index is 12.3. The highest BCUT2D eigenvalue weighted by Crippen LogP contribution is 2.40. The van der Waals surface area contributed by atoms with Gasteiger partial charge in [0.05, 0.1) is 12.6 Å². The van der Waals surface area contributed by atoms with Crippen LogP contribution in [0.25, 0.3) is 0 Å². The fourth-order valence-corrected chi connectivity index (χ4v) is 5.93. The van der Waals surface area contributed by atoms with E-state index in [-0.39, 0.29) is 17.2 Å². The summed E-state index contributed by atoms with van der Waals surface area (Å²) in [6.45, 7) is 18.8. The van der Waals surface area contributed by atoms with E-state index >= 15 is 0 Å². The first-order valence-electron chi connectivity index (χ1n) is 12.1. The van der Waals surface area contributed by atoms with E-state index in [9.17, 15) is 14.7 Å². The van der Waals surface area contributed by atoms with Crippen molar-refractivity contribution in [1.29, 1.82) is 0 Å². The highest BCUT2D eigenvalue weighted by atomic mass is 28.4.